The third-order valence-electron chi connectivity index (χ3n) is 6.20. The van der Waals surface area contributed by atoms with Gasteiger partial charge in [0.15, 0.2) is 5.75 Å². The number of thiazole rings is 1. The Hall–Kier alpha value is -3.78. The van der Waals surface area contributed by atoms with Crippen LogP contribution in [0.2, 0.25) is 0 Å². The normalized spacial score (nSPS) is 12.8. The number of para-hydroxylation sites is 1. The van der Waals surface area contributed by atoms with Gasteiger partial charge in [-0.05, 0) is 49.4 Å². The largest absolute Gasteiger partial charge is 0.483 e. The number of rotatable bonds is 12. The zero-order valence-corrected chi connectivity index (χ0v) is 21.0. The van der Waals surface area contributed by atoms with Crippen molar-refractivity contribution in [3.63, 3.8) is 0 Å². The Balaban J connectivity index is 1.57. The molecule has 2 heterocycles. The van der Waals surface area contributed by atoms with Crippen molar-refractivity contribution in [2.75, 3.05) is 0 Å². The van der Waals surface area contributed by atoms with Crippen LogP contribution in [0.5, 0.6) is 5.75 Å². The second-order valence-electron chi connectivity index (χ2n) is 8.62. The molecule has 0 aliphatic heterocycles. The lowest BCUT2D eigenvalue weighted by molar-refractivity contribution is -0.139. The minimum Gasteiger partial charge on any atom is -0.483 e. The molecule has 186 valence electrons. The van der Waals surface area contributed by atoms with E-state index in [1.165, 1.54) is 11.3 Å². The molecule has 4 rings (SSSR count). The lowest BCUT2D eigenvalue weighted by Gasteiger charge is -2.19. The highest BCUT2D eigenvalue weighted by atomic mass is 32.1. The van der Waals surface area contributed by atoms with Crippen molar-refractivity contribution in [1.82, 2.24) is 15.3 Å². The minimum absolute atomic E-state index is 0.164. The van der Waals surface area contributed by atoms with Crippen LogP contribution in [0.1, 0.15) is 48.0 Å². The number of hydrogen-bond donors (Lipinski definition) is 2. The van der Waals surface area contributed by atoms with Gasteiger partial charge in [0.1, 0.15) is 23.2 Å². The van der Waals surface area contributed by atoms with Crippen molar-refractivity contribution >= 4 is 44.3 Å². The van der Waals surface area contributed by atoms with Crippen LogP contribution in [0.4, 0.5) is 0 Å². The van der Waals surface area contributed by atoms with Crippen molar-refractivity contribution in [2.24, 2.45) is 5.92 Å². The molecule has 0 bridgehead atoms. The quantitative estimate of drug-likeness (QED) is 0.230. The molecular weight excluding hydrogens is 474 g/mol. The van der Waals surface area contributed by atoms with E-state index in [1.807, 2.05) is 42.5 Å². The number of allylic oxidation sites excluding steroid dienone is 1. The fourth-order valence-corrected chi connectivity index (χ4v) is 5.06. The molecule has 0 saturated heterocycles. The van der Waals surface area contributed by atoms with Crippen molar-refractivity contribution < 1.29 is 19.4 Å². The maximum atomic E-state index is 13.3. The summed E-state index contributed by atoms with van der Waals surface area (Å²) in [5.41, 5.74) is 1.67. The van der Waals surface area contributed by atoms with Crippen molar-refractivity contribution in [3.05, 3.63) is 78.0 Å². The Morgan fingerprint density at radius 2 is 2.00 bits per heavy atom. The maximum Gasteiger partial charge on any atom is 0.326 e. The van der Waals surface area contributed by atoms with Gasteiger partial charge in [-0.3, -0.25) is 9.78 Å². The van der Waals surface area contributed by atoms with E-state index >= 15 is 0 Å². The van der Waals surface area contributed by atoms with Gasteiger partial charge in [-0.25, -0.2) is 9.78 Å². The van der Waals surface area contributed by atoms with E-state index in [4.69, 9.17) is 4.74 Å². The van der Waals surface area contributed by atoms with Gasteiger partial charge in [0, 0.05) is 11.6 Å². The first kappa shape index (κ1) is 25.3. The molecule has 36 heavy (non-hydrogen) atoms. The summed E-state index contributed by atoms with van der Waals surface area (Å²) < 4.78 is 7.19. The number of hydrogen-bond acceptors (Lipinski definition) is 6. The average molecular weight is 504 g/mol. The molecular formula is C28H29N3O4S. The SMILES string of the molecule is C=CCC(CC)CC[C@H](NC(=O)c1ccc2cccnc2c1OCc1nc2ccccc2s1)C(=O)O. The van der Waals surface area contributed by atoms with Gasteiger partial charge in [-0.15, -0.1) is 17.9 Å². The second kappa shape index (κ2) is 11.8. The van der Waals surface area contributed by atoms with E-state index in [2.05, 4.69) is 28.8 Å². The van der Waals surface area contributed by atoms with E-state index in [-0.39, 0.29) is 12.2 Å². The summed E-state index contributed by atoms with van der Waals surface area (Å²) in [6, 6.07) is 14.0. The minimum atomic E-state index is -1.06. The van der Waals surface area contributed by atoms with Crippen molar-refractivity contribution in [2.45, 2.75) is 45.3 Å². The first-order valence-corrected chi connectivity index (χ1v) is 12.8. The number of nitrogens with one attached hydrogen (secondary N) is 1. The molecule has 1 amide bonds. The summed E-state index contributed by atoms with van der Waals surface area (Å²) in [6.45, 7) is 6.01. The lowest BCUT2D eigenvalue weighted by atomic mass is 9.94. The summed E-state index contributed by atoms with van der Waals surface area (Å²) in [6.07, 6.45) is 6.24. The van der Waals surface area contributed by atoms with E-state index < -0.39 is 17.9 Å². The number of carbonyl (C=O) groups excluding carboxylic acids is 1. The number of benzene rings is 2. The molecule has 2 aromatic carbocycles. The third kappa shape index (κ3) is 5.88. The molecule has 8 heteroatoms. The molecule has 0 fully saturated rings. The Labute approximate surface area is 213 Å². The lowest BCUT2D eigenvalue weighted by Crippen LogP contribution is -2.41. The number of nitrogens with zero attached hydrogens (tertiary/aromatic N) is 2. The fraction of sp³-hybridized carbons (Fsp3) is 0.286. The molecule has 0 aliphatic rings. The third-order valence-corrected chi connectivity index (χ3v) is 7.21. The maximum absolute atomic E-state index is 13.3. The Kier molecular flexibility index (Phi) is 8.28. The zero-order chi connectivity index (χ0) is 25.5. The van der Waals surface area contributed by atoms with Gasteiger partial charge in [0.2, 0.25) is 0 Å². The molecule has 0 spiro atoms. The molecule has 0 radical (unpaired) electrons. The van der Waals surface area contributed by atoms with Gasteiger partial charge >= 0.3 is 5.97 Å². The molecule has 4 aromatic rings. The van der Waals surface area contributed by atoms with Gasteiger partial charge in [0.05, 0.1) is 15.8 Å². The number of fused-ring (bicyclic) bond motifs is 2. The summed E-state index contributed by atoms with van der Waals surface area (Å²) in [7, 11) is 0. The first-order chi connectivity index (χ1) is 17.5. The van der Waals surface area contributed by atoms with Crippen molar-refractivity contribution in [3.8, 4) is 5.75 Å². The van der Waals surface area contributed by atoms with E-state index in [0.717, 1.165) is 33.5 Å². The van der Waals surface area contributed by atoms with Gasteiger partial charge in [-0.2, -0.15) is 0 Å². The second-order valence-corrected chi connectivity index (χ2v) is 9.74. The Morgan fingerprint density at radius 3 is 2.75 bits per heavy atom. The van der Waals surface area contributed by atoms with Crippen molar-refractivity contribution in [1.29, 1.82) is 0 Å². The molecule has 7 nitrogen and oxygen atoms in total. The topological polar surface area (TPSA) is 101 Å². The number of carbonyl (C=O) groups is 2. The van der Waals surface area contributed by atoms with Gasteiger partial charge in [0.25, 0.3) is 5.91 Å². The number of carboxylic acids is 1. The predicted molar refractivity (Wildman–Crippen MR) is 142 cm³/mol. The van der Waals surface area contributed by atoms with Crippen LogP contribution in [0, 0.1) is 5.92 Å². The highest BCUT2D eigenvalue weighted by molar-refractivity contribution is 7.18. The molecule has 2 N–H and O–H groups in total. The van der Waals surface area contributed by atoms with Gasteiger partial charge in [-0.1, -0.05) is 43.7 Å². The molecule has 0 saturated carbocycles. The van der Waals surface area contributed by atoms with E-state index in [9.17, 15) is 14.7 Å². The molecule has 2 atom stereocenters. The highest BCUT2D eigenvalue weighted by Crippen LogP contribution is 2.30. The fourth-order valence-electron chi connectivity index (χ4n) is 4.18. The number of pyridine rings is 1. The summed E-state index contributed by atoms with van der Waals surface area (Å²) in [5, 5.41) is 14.0. The highest BCUT2D eigenvalue weighted by Gasteiger charge is 2.25. The average Bonchev–Trinajstić information content (AvgIpc) is 3.31. The van der Waals surface area contributed by atoms with Crippen LogP contribution in [-0.2, 0) is 11.4 Å². The van der Waals surface area contributed by atoms with Crippen LogP contribution in [-0.4, -0.2) is 33.0 Å². The molecule has 2 aromatic heterocycles. The molecule has 0 aliphatic carbocycles. The Morgan fingerprint density at radius 1 is 1.17 bits per heavy atom. The number of aromatic nitrogens is 2. The zero-order valence-electron chi connectivity index (χ0n) is 20.1. The predicted octanol–water partition coefficient (Wildman–Crippen LogP) is 5.99. The molecule has 1 unspecified atom stereocenters. The monoisotopic (exact) mass is 503 g/mol. The van der Waals surface area contributed by atoms with Crippen LogP contribution in [0.15, 0.2) is 67.4 Å². The van der Waals surface area contributed by atoms with Crippen LogP contribution in [0.3, 0.4) is 0 Å². The number of carboxylic acid groups (broad SMARTS) is 1. The summed E-state index contributed by atoms with van der Waals surface area (Å²) in [4.78, 5) is 34.3. The smallest absolute Gasteiger partial charge is 0.326 e. The first-order valence-electron chi connectivity index (χ1n) is 12.0. The number of amides is 1. The summed E-state index contributed by atoms with van der Waals surface area (Å²) >= 11 is 1.52. The van der Waals surface area contributed by atoms with E-state index in [0.29, 0.717) is 30.0 Å². The van der Waals surface area contributed by atoms with Gasteiger partial charge < -0.3 is 15.2 Å². The Bertz CT molecular complexity index is 1350. The standard InChI is InChI=1S/C28H29N3O4S/c1-3-8-18(4-2)12-15-22(28(33)34)31-27(32)20-14-13-19-9-7-16-29-25(19)26(20)35-17-24-30-21-10-5-6-11-23(21)36-24/h3,5-7,9-11,13-14,16,18,22H,1,4,8,12,15,17H2,2H3,(H,31,32)(H,33,34)/t18?,22-/m0/s1. The van der Waals surface area contributed by atoms with Crippen LogP contribution < -0.4 is 10.1 Å². The van der Waals surface area contributed by atoms with Crippen LogP contribution in [0.25, 0.3) is 21.1 Å². The number of ether oxygens (including phenoxy) is 1. The van der Waals surface area contributed by atoms with E-state index in [1.54, 1.807) is 18.3 Å². The number of aliphatic carboxylic acids is 1. The van der Waals surface area contributed by atoms with Crippen LogP contribution >= 0.6 is 11.3 Å². The summed E-state index contributed by atoms with van der Waals surface area (Å²) in [5.74, 6) is -0.926.